The van der Waals surface area contributed by atoms with Crippen LogP contribution in [0.15, 0.2) is 47.5 Å². The lowest BCUT2D eigenvalue weighted by Crippen LogP contribution is -2.21. The highest BCUT2D eigenvalue weighted by Gasteiger charge is 2.32. The maximum absolute atomic E-state index is 12.9. The van der Waals surface area contributed by atoms with Gasteiger partial charge < -0.3 is 10.8 Å². The monoisotopic (exact) mass is 475 g/mol. The van der Waals surface area contributed by atoms with Crippen molar-refractivity contribution in [1.29, 1.82) is 5.41 Å². The van der Waals surface area contributed by atoms with Crippen molar-refractivity contribution in [3.8, 4) is 27.8 Å². The summed E-state index contributed by atoms with van der Waals surface area (Å²) in [6, 6.07) is 8.32. The number of para-hydroxylation sites is 1. The molecule has 0 atom stereocenters. The molecular formula is C23H24F3N5OS. The molecule has 33 heavy (non-hydrogen) atoms. The molecule has 0 radical (unpaired) electrons. The van der Waals surface area contributed by atoms with Gasteiger partial charge in [0, 0.05) is 0 Å². The molecular weight excluding hydrogens is 451 g/mol. The van der Waals surface area contributed by atoms with Gasteiger partial charge in [0.25, 0.3) is 0 Å². The Morgan fingerprint density at radius 1 is 1.09 bits per heavy atom. The van der Waals surface area contributed by atoms with Gasteiger partial charge >= 0.3 is 6.18 Å². The van der Waals surface area contributed by atoms with Crippen LogP contribution in [0, 0.1) is 5.41 Å². The highest BCUT2D eigenvalue weighted by Crippen LogP contribution is 2.32. The molecule has 0 spiro atoms. The van der Waals surface area contributed by atoms with Crippen molar-refractivity contribution in [3.05, 3.63) is 58.9 Å². The first-order valence-corrected chi connectivity index (χ1v) is 11.3. The van der Waals surface area contributed by atoms with Crippen molar-refractivity contribution in [1.82, 2.24) is 15.0 Å². The lowest BCUT2D eigenvalue weighted by Gasteiger charge is -2.10. The van der Waals surface area contributed by atoms with Gasteiger partial charge in [0.15, 0.2) is 17.5 Å². The Bertz CT molecular complexity index is 1160. The zero-order chi connectivity index (χ0) is 24.0. The van der Waals surface area contributed by atoms with Gasteiger partial charge in [0.05, 0.1) is 10.4 Å². The second-order valence-corrected chi connectivity index (χ2v) is 8.34. The first-order valence-electron chi connectivity index (χ1n) is 10.4. The lowest BCUT2D eigenvalue weighted by molar-refractivity contribution is -0.0925. The van der Waals surface area contributed by atoms with Crippen LogP contribution in [0.25, 0.3) is 22.1 Å². The Balaban J connectivity index is 2.07. The molecule has 1 aromatic carbocycles. The van der Waals surface area contributed by atoms with Crippen LogP contribution in [0.5, 0.6) is 5.75 Å². The molecule has 0 saturated heterocycles. The number of aryl methyl sites for hydroxylation is 1. The SMILES string of the molecule is CCCCCCc1ccsc1-c1nc(C(=N)C=C(N)C(F)(F)F)nc(-c2ccccc2O)n1. The van der Waals surface area contributed by atoms with Gasteiger partial charge in [-0.2, -0.15) is 13.2 Å². The van der Waals surface area contributed by atoms with Crippen LogP contribution in [0.1, 0.15) is 44.0 Å². The average molecular weight is 476 g/mol. The molecule has 174 valence electrons. The maximum atomic E-state index is 12.9. The number of halogens is 3. The van der Waals surface area contributed by atoms with Gasteiger partial charge in [-0.15, -0.1) is 11.3 Å². The fourth-order valence-electron chi connectivity index (χ4n) is 3.15. The quantitative estimate of drug-likeness (QED) is 0.265. The molecule has 0 unspecified atom stereocenters. The van der Waals surface area contributed by atoms with Crippen LogP contribution in [-0.4, -0.2) is 31.9 Å². The van der Waals surface area contributed by atoms with Crippen molar-refractivity contribution in [2.45, 2.75) is 45.2 Å². The van der Waals surface area contributed by atoms with Crippen molar-refractivity contribution in [2.24, 2.45) is 5.73 Å². The Hall–Kier alpha value is -3.27. The summed E-state index contributed by atoms with van der Waals surface area (Å²) < 4.78 is 38.6. The first-order chi connectivity index (χ1) is 15.7. The fourth-order valence-corrected chi connectivity index (χ4v) is 4.04. The minimum atomic E-state index is -4.78. The summed E-state index contributed by atoms with van der Waals surface area (Å²) in [7, 11) is 0. The minimum Gasteiger partial charge on any atom is -0.507 e. The van der Waals surface area contributed by atoms with Gasteiger partial charge in [-0.1, -0.05) is 38.3 Å². The minimum absolute atomic E-state index is 0.0576. The Morgan fingerprint density at radius 3 is 2.52 bits per heavy atom. The molecule has 6 nitrogen and oxygen atoms in total. The van der Waals surface area contributed by atoms with E-state index in [0.717, 1.165) is 42.5 Å². The number of phenolic OH excluding ortho intramolecular Hbond substituents is 1. The molecule has 0 aliphatic carbocycles. The molecule has 0 aliphatic heterocycles. The van der Waals surface area contributed by atoms with E-state index in [9.17, 15) is 18.3 Å². The molecule has 3 rings (SSSR count). The molecule has 0 fully saturated rings. The number of phenols is 1. The summed E-state index contributed by atoms with van der Waals surface area (Å²) in [5.41, 5.74) is 4.36. The second kappa shape index (κ2) is 10.6. The third kappa shape index (κ3) is 6.16. The Kier molecular flexibility index (Phi) is 7.80. The van der Waals surface area contributed by atoms with E-state index in [2.05, 4.69) is 21.9 Å². The predicted octanol–water partition coefficient (Wildman–Crippen LogP) is 5.87. The first kappa shape index (κ1) is 24.4. The summed E-state index contributed by atoms with van der Waals surface area (Å²) in [4.78, 5) is 13.7. The van der Waals surface area contributed by atoms with E-state index in [-0.39, 0.29) is 28.8 Å². The number of nitrogens with one attached hydrogen (secondary N) is 1. The number of alkyl halides is 3. The van der Waals surface area contributed by atoms with Gasteiger partial charge in [0.2, 0.25) is 0 Å². The molecule has 2 heterocycles. The fraction of sp³-hybridized carbons (Fsp3) is 0.304. The van der Waals surface area contributed by atoms with Crippen LogP contribution >= 0.6 is 11.3 Å². The number of thiophene rings is 1. The van der Waals surface area contributed by atoms with E-state index in [1.807, 2.05) is 11.4 Å². The number of hydrogen-bond donors (Lipinski definition) is 3. The maximum Gasteiger partial charge on any atom is 0.430 e. The molecule has 3 aromatic rings. The number of allylic oxidation sites excluding steroid dienone is 2. The number of rotatable bonds is 9. The van der Waals surface area contributed by atoms with E-state index in [1.165, 1.54) is 17.4 Å². The summed E-state index contributed by atoms with van der Waals surface area (Å²) in [5.74, 6) is -0.0659. The normalized spacial score (nSPS) is 12.2. The molecule has 0 amide bonds. The van der Waals surface area contributed by atoms with Gasteiger partial charge in [-0.3, -0.25) is 5.41 Å². The number of nitrogens with two attached hydrogens (primary N) is 1. The third-order valence-corrected chi connectivity index (χ3v) is 5.85. The average Bonchev–Trinajstić information content (AvgIpc) is 3.24. The van der Waals surface area contributed by atoms with Crippen LogP contribution < -0.4 is 5.73 Å². The van der Waals surface area contributed by atoms with Gasteiger partial charge in [-0.25, -0.2) is 15.0 Å². The second-order valence-electron chi connectivity index (χ2n) is 7.42. The summed E-state index contributed by atoms with van der Waals surface area (Å²) in [6.07, 6.45) is 0.844. The van der Waals surface area contributed by atoms with Crippen molar-refractivity contribution in [3.63, 3.8) is 0 Å². The predicted molar refractivity (Wildman–Crippen MR) is 123 cm³/mol. The number of aromatic nitrogens is 3. The standard InChI is InChI=1S/C23H24F3N5OS/c1-2-3-4-5-8-14-11-12-33-19(14)22-30-20(15-9-6-7-10-17(15)32)29-21(31-22)16(27)13-18(28)23(24,25)26/h6-7,9-13,27,32H,2-5,8,28H2,1H3. The molecule has 0 saturated carbocycles. The van der Waals surface area contributed by atoms with Crippen molar-refractivity contribution < 1.29 is 18.3 Å². The smallest absolute Gasteiger partial charge is 0.430 e. The highest BCUT2D eigenvalue weighted by molar-refractivity contribution is 7.13. The number of benzene rings is 1. The third-order valence-electron chi connectivity index (χ3n) is 4.90. The Morgan fingerprint density at radius 2 is 1.82 bits per heavy atom. The van der Waals surface area contributed by atoms with Crippen LogP contribution in [0.2, 0.25) is 0 Å². The lowest BCUT2D eigenvalue weighted by atomic mass is 10.1. The van der Waals surface area contributed by atoms with Crippen LogP contribution in [-0.2, 0) is 6.42 Å². The molecule has 10 heteroatoms. The summed E-state index contributed by atoms with van der Waals surface area (Å²) in [5, 5.41) is 20.3. The number of hydrogen-bond acceptors (Lipinski definition) is 7. The summed E-state index contributed by atoms with van der Waals surface area (Å²) in [6.45, 7) is 2.14. The van der Waals surface area contributed by atoms with E-state index >= 15 is 0 Å². The van der Waals surface area contributed by atoms with E-state index in [4.69, 9.17) is 11.1 Å². The van der Waals surface area contributed by atoms with E-state index in [1.54, 1.807) is 18.2 Å². The zero-order valence-electron chi connectivity index (χ0n) is 18.0. The van der Waals surface area contributed by atoms with E-state index in [0.29, 0.717) is 6.08 Å². The molecule has 4 N–H and O–H groups in total. The number of aromatic hydroxyl groups is 1. The molecule has 0 bridgehead atoms. The Labute approximate surface area is 193 Å². The van der Waals surface area contributed by atoms with Gasteiger partial charge in [0.1, 0.15) is 17.2 Å². The van der Waals surface area contributed by atoms with Crippen LogP contribution in [0.4, 0.5) is 13.2 Å². The molecule has 2 aromatic heterocycles. The van der Waals surface area contributed by atoms with Crippen molar-refractivity contribution in [2.75, 3.05) is 0 Å². The number of nitrogens with zero attached hydrogens (tertiary/aromatic N) is 3. The molecule has 0 aliphatic rings. The van der Waals surface area contributed by atoms with Crippen molar-refractivity contribution >= 4 is 17.0 Å². The van der Waals surface area contributed by atoms with Crippen LogP contribution in [0.3, 0.4) is 0 Å². The largest absolute Gasteiger partial charge is 0.507 e. The number of unbranched alkanes of at least 4 members (excludes halogenated alkanes) is 3. The van der Waals surface area contributed by atoms with Gasteiger partial charge in [-0.05, 0) is 48.1 Å². The zero-order valence-corrected chi connectivity index (χ0v) is 18.8. The summed E-state index contributed by atoms with van der Waals surface area (Å²) >= 11 is 1.41. The topological polar surface area (TPSA) is 109 Å². The van der Waals surface area contributed by atoms with E-state index < -0.39 is 17.6 Å². The highest BCUT2D eigenvalue weighted by atomic mass is 32.1.